The minimum Gasteiger partial charge on any atom is -0.356 e. The van der Waals surface area contributed by atoms with Gasteiger partial charge in [0.25, 0.3) is 0 Å². The number of halogens is 1. The maximum atomic E-state index is 11.8. The molecule has 7 heteroatoms. The van der Waals surface area contributed by atoms with Crippen LogP contribution in [0.5, 0.6) is 0 Å². The van der Waals surface area contributed by atoms with E-state index >= 15 is 0 Å². The van der Waals surface area contributed by atoms with Crippen LogP contribution in [0, 0.1) is 13.8 Å². The molecule has 0 aromatic heterocycles. The van der Waals surface area contributed by atoms with Crippen molar-refractivity contribution in [3.8, 4) is 0 Å². The minimum atomic E-state index is -2.98. The van der Waals surface area contributed by atoms with Crippen molar-refractivity contribution >= 4 is 48.8 Å². The fourth-order valence-electron chi connectivity index (χ4n) is 3.15. The molecule has 0 aliphatic carbocycles. The Bertz CT molecular complexity index is 679. The van der Waals surface area contributed by atoms with Crippen LogP contribution in [0.1, 0.15) is 11.1 Å². The predicted octanol–water partition coefficient (Wildman–Crippen LogP) is 1.93. The number of hydrogen-bond acceptors (Lipinski definition) is 3. The second kappa shape index (κ2) is 4.68. The number of aryl methyl sites for hydroxylation is 2. The third-order valence-electron chi connectivity index (χ3n) is 3.88. The molecule has 2 aliphatic heterocycles. The third-order valence-corrected chi connectivity index (χ3v) is 6.37. The van der Waals surface area contributed by atoms with Crippen molar-refractivity contribution in [2.45, 2.75) is 25.9 Å². The van der Waals surface area contributed by atoms with Crippen LogP contribution in [0.2, 0.25) is 0 Å². The SMILES string of the molecule is Cc1cc(Br)cc(C)c1N1C(=S)N[C@H]2CS(=O)(=O)C[C@H]21. The zero-order chi connectivity index (χ0) is 14.7. The second-order valence-corrected chi connectivity index (χ2v) is 8.91. The fraction of sp³-hybridized carbons (Fsp3) is 0.462. The van der Waals surface area contributed by atoms with E-state index in [1.165, 1.54) is 0 Å². The number of nitrogens with one attached hydrogen (secondary N) is 1. The Labute approximate surface area is 132 Å². The van der Waals surface area contributed by atoms with Crippen molar-refractivity contribution in [1.82, 2.24) is 5.32 Å². The molecule has 0 unspecified atom stereocenters. The van der Waals surface area contributed by atoms with E-state index in [1.807, 2.05) is 30.9 Å². The summed E-state index contributed by atoms with van der Waals surface area (Å²) < 4.78 is 24.7. The normalized spacial score (nSPS) is 27.6. The molecule has 4 nitrogen and oxygen atoms in total. The van der Waals surface area contributed by atoms with Crippen LogP contribution in [0.4, 0.5) is 5.69 Å². The van der Waals surface area contributed by atoms with Crippen LogP contribution in [-0.2, 0) is 9.84 Å². The first-order valence-corrected chi connectivity index (χ1v) is 9.38. The van der Waals surface area contributed by atoms with Gasteiger partial charge in [-0.3, -0.25) is 0 Å². The van der Waals surface area contributed by atoms with Crippen molar-refractivity contribution in [3.63, 3.8) is 0 Å². The molecule has 0 spiro atoms. The van der Waals surface area contributed by atoms with E-state index in [0.29, 0.717) is 5.11 Å². The van der Waals surface area contributed by atoms with Crippen molar-refractivity contribution < 1.29 is 8.42 Å². The lowest BCUT2D eigenvalue weighted by molar-refractivity contribution is 0.600. The molecule has 0 saturated carbocycles. The molecule has 108 valence electrons. The number of benzene rings is 1. The molecule has 20 heavy (non-hydrogen) atoms. The summed E-state index contributed by atoms with van der Waals surface area (Å²) in [4.78, 5) is 1.99. The highest BCUT2D eigenvalue weighted by atomic mass is 79.9. The molecule has 1 aromatic rings. The molecular formula is C13H15BrN2O2S2. The molecule has 1 N–H and O–H groups in total. The number of nitrogens with zero attached hydrogens (tertiary/aromatic N) is 1. The predicted molar refractivity (Wildman–Crippen MR) is 88.1 cm³/mol. The molecule has 0 radical (unpaired) electrons. The molecule has 2 heterocycles. The molecule has 0 bridgehead atoms. The zero-order valence-electron chi connectivity index (χ0n) is 11.2. The first-order chi connectivity index (χ1) is 9.28. The van der Waals surface area contributed by atoms with Crippen molar-refractivity contribution in [3.05, 3.63) is 27.7 Å². The smallest absolute Gasteiger partial charge is 0.174 e. The van der Waals surface area contributed by atoms with Gasteiger partial charge in [-0.05, 0) is 49.3 Å². The Morgan fingerprint density at radius 2 is 1.90 bits per heavy atom. The number of rotatable bonds is 1. The summed E-state index contributed by atoms with van der Waals surface area (Å²) >= 11 is 8.89. The van der Waals surface area contributed by atoms with Crippen LogP contribution in [0.25, 0.3) is 0 Å². The van der Waals surface area contributed by atoms with Gasteiger partial charge in [-0.2, -0.15) is 0 Å². The summed E-state index contributed by atoms with van der Waals surface area (Å²) in [6.45, 7) is 4.04. The maximum absolute atomic E-state index is 11.8. The summed E-state index contributed by atoms with van der Waals surface area (Å²) in [5.74, 6) is 0.336. The van der Waals surface area contributed by atoms with Crippen LogP contribution >= 0.6 is 28.1 Å². The van der Waals surface area contributed by atoms with Crippen molar-refractivity contribution in [1.29, 1.82) is 0 Å². The first kappa shape index (κ1) is 14.3. The number of thiocarbonyl (C=S) groups is 1. The molecule has 2 saturated heterocycles. The standard InChI is InChI=1S/C13H15BrN2O2S2/c1-7-3-9(14)4-8(2)12(7)16-11-6-20(17,18)5-10(11)15-13(16)19/h3-4,10-11H,5-6H2,1-2H3,(H,15,19)/t10-,11+/m0/s1. The number of fused-ring (bicyclic) bond motifs is 1. The topological polar surface area (TPSA) is 49.4 Å². The molecule has 1 aromatic carbocycles. The highest BCUT2D eigenvalue weighted by Gasteiger charge is 2.48. The van der Waals surface area contributed by atoms with Crippen LogP contribution in [-0.4, -0.2) is 37.1 Å². The Balaban J connectivity index is 2.08. The minimum absolute atomic E-state index is 0.0880. The van der Waals surface area contributed by atoms with E-state index in [-0.39, 0.29) is 23.6 Å². The van der Waals surface area contributed by atoms with Gasteiger partial charge in [-0.15, -0.1) is 0 Å². The van der Waals surface area contributed by atoms with Gasteiger partial charge in [0.2, 0.25) is 0 Å². The maximum Gasteiger partial charge on any atom is 0.174 e. The van der Waals surface area contributed by atoms with Crippen LogP contribution < -0.4 is 10.2 Å². The van der Waals surface area contributed by atoms with E-state index in [9.17, 15) is 8.42 Å². The summed E-state index contributed by atoms with van der Waals surface area (Å²) in [5.41, 5.74) is 3.20. The van der Waals surface area contributed by atoms with E-state index in [0.717, 1.165) is 21.3 Å². The Hall–Kier alpha value is -0.660. The van der Waals surface area contributed by atoms with Crippen LogP contribution in [0.15, 0.2) is 16.6 Å². The average molecular weight is 375 g/mol. The molecule has 2 aliphatic rings. The number of sulfone groups is 1. The number of anilines is 1. The van der Waals surface area contributed by atoms with E-state index in [4.69, 9.17) is 12.2 Å². The average Bonchev–Trinajstić information content (AvgIpc) is 2.70. The zero-order valence-corrected chi connectivity index (χ0v) is 14.4. The third kappa shape index (κ3) is 2.25. The van der Waals surface area contributed by atoms with Gasteiger partial charge in [0, 0.05) is 10.2 Å². The summed E-state index contributed by atoms with van der Waals surface area (Å²) in [7, 11) is -2.98. The Morgan fingerprint density at radius 1 is 1.30 bits per heavy atom. The quantitative estimate of drug-likeness (QED) is 0.761. The van der Waals surface area contributed by atoms with Gasteiger partial charge < -0.3 is 10.2 Å². The van der Waals surface area contributed by atoms with Gasteiger partial charge in [0.05, 0.1) is 23.6 Å². The van der Waals surface area contributed by atoms with Gasteiger partial charge in [-0.1, -0.05) is 15.9 Å². The highest BCUT2D eigenvalue weighted by Crippen LogP contribution is 2.35. The molecular weight excluding hydrogens is 360 g/mol. The van der Waals surface area contributed by atoms with Crippen LogP contribution in [0.3, 0.4) is 0 Å². The summed E-state index contributed by atoms with van der Waals surface area (Å²) in [6, 6.07) is 3.88. The van der Waals surface area contributed by atoms with E-state index in [2.05, 4.69) is 21.2 Å². The monoisotopic (exact) mass is 374 g/mol. The van der Waals surface area contributed by atoms with E-state index < -0.39 is 9.84 Å². The van der Waals surface area contributed by atoms with Crippen molar-refractivity contribution in [2.24, 2.45) is 0 Å². The lowest BCUT2D eigenvalue weighted by Gasteiger charge is -2.27. The summed E-state index contributed by atoms with van der Waals surface area (Å²) in [6.07, 6.45) is 0. The van der Waals surface area contributed by atoms with Gasteiger partial charge in [-0.25, -0.2) is 8.42 Å². The fourth-order valence-corrected chi connectivity index (χ4v) is 6.11. The molecule has 0 amide bonds. The Kier molecular flexibility index (Phi) is 3.34. The lowest BCUT2D eigenvalue weighted by Crippen LogP contribution is -2.37. The Morgan fingerprint density at radius 3 is 2.50 bits per heavy atom. The van der Waals surface area contributed by atoms with Gasteiger partial charge in [0.1, 0.15) is 0 Å². The largest absolute Gasteiger partial charge is 0.356 e. The molecule has 3 rings (SSSR count). The molecule has 2 atom stereocenters. The second-order valence-electron chi connectivity index (χ2n) is 5.46. The summed E-state index contributed by atoms with van der Waals surface area (Å²) in [5, 5.41) is 3.78. The molecule has 2 fully saturated rings. The van der Waals surface area contributed by atoms with Crippen molar-refractivity contribution in [2.75, 3.05) is 16.4 Å². The van der Waals surface area contributed by atoms with Gasteiger partial charge in [0.15, 0.2) is 14.9 Å². The number of hydrogen-bond donors (Lipinski definition) is 1. The first-order valence-electron chi connectivity index (χ1n) is 6.35. The highest BCUT2D eigenvalue weighted by molar-refractivity contribution is 9.10. The lowest BCUT2D eigenvalue weighted by atomic mass is 10.1. The van der Waals surface area contributed by atoms with Gasteiger partial charge >= 0.3 is 0 Å². The van der Waals surface area contributed by atoms with E-state index in [1.54, 1.807) is 0 Å².